The molecule has 0 unspecified atom stereocenters. The number of halogens is 1. The summed E-state index contributed by atoms with van der Waals surface area (Å²) in [5.74, 6) is 0. The topological polar surface area (TPSA) is 20.2 Å². The highest BCUT2D eigenvalue weighted by atomic mass is 35.5. The first kappa shape index (κ1) is 11.9. The van der Waals surface area contributed by atoms with E-state index >= 15 is 0 Å². The summed E-state index contributed by atoms with van der Waals surface area (Å²) in [6, 6.07) is 0. The molecule has 0 radical (unpaired) electrons. The van der Waals surface area contributed by atoms with Crippen molar-refractivity contribution < 1.29 is 22.0 Å². The zero-order valence-electron chi connectivity index (χ0n) is 6.39. The quantitative estimate of drug-likeness (QED) is 0.431. The van der Waals surface area contributed by atoms with E-state index in [9.17, 15) is 0 Å². The van der Waals surface area contributed by atoms with Crippen LogP contribution in [-0.4, -0.2) is 43.4 Å². The lowest BCUT2D eigenvalue weighted by Gasteiger charge is -2.26. The standard InChI is InChI=1S/C6H16NO.ClH/c1-4-7(2,3)5-6-8;/h8H,4-6H2,1-3H3;1H/q+1;/p-1. The summed E-state index contributed by atoms with van der Waals surface area (Å²) in [5, 5.41) is 8.52. The average Bonchev–Trinajstić information content (AvgIpc) is 1.67. The average molecular weight is 154 g/mol. The van der Waals surface area contributed by atoms with Gasteiger partial charge in [-0.25, -0.2) is 0 Å². The maximum atomic E-state index is 8.52. The molecule has 0 bridgehead atoms. The summed E-state index contributed by atoms with van der Waals surface area (Å²) in [7, 11) is 4.21. The highest BCUT2D eigenvalue weighted by molar-refractivity contribution is 4.24. The predicted molar refractivity (Wildman–Crippen MR) is 34.6 cm³/mol. The third-order valence-electron chi connectivity index (χ3n) is 1.56. The summed E-state index contributed by atoms with van der Waals surface area (Å²) < 4.78 is 0.913. The van der Waals surface area contributed by atoms with Gasteiger partial charge in [-0.1, -0.05) is 0 Å². The molecule has 3 heteroatoms. The largest absolute Gasteiger partial charge is 1.00 e. The smallest absolute Gasteiger partial charge is 0.102 e. The third-order valence-corrected chi connectivity index (χ3v) is 1.56. The molecule has 0 rings (SSSR count). The van der Waals surface area contributed by atoms with E-state index in [1.54, 1.807) is 0 Å². The first-order valence-corrected chi connectivity index (χ1v) is 3.05. The second kappa shape index (κ2) is 5.03. The minimum absolute atomic E-state index is 0. The van der Waals surface area contributed by atoms with Crippen LogP contribution in [0.5, 0.6) is 0 Å². The molecule has 0 aliphatic rings. The zero-order chi connectivity index (χ0) is 6.62. The van der Waals surface area contributed by atoms with Crippen LogP contribution >= 0.6 is 0 Å². The van der Waals surface area contributed by atoms with Crippen molar-refractivity contribution in [2.24, 2.45) is 0 Å². The van der Waals surface area contributed by atoms with E-state index in [0.717, 1.165) is 17.6 Å². The molecular formula is C6H16ClNO. The Morgan fingerprint density at radius 3 is 1.89 bits per heavy atom. The highest BCUT2D eigenvalue weighted by Crippen LogP contribution is 1.92. The van der Waals surface area contributed by atoms with Gasteiger partial charge < -0.3 is 22.0 Å². The molecule has 0 spiro atoms. The van der Waals surface area contributed by atoms with Gasteiger partial charge in [0.05, 0.1) is 27.2 Å². The molecular weight excluding hydrogens is 138 g/mol. The molecule has 2 nitrogen and oxygen atoms in total. The number of likely N-dealkylation sites (N-methyl/N-ethyl adjacent to an activating group) is 1. The van der Waals surface area contributed by atoms with Gasteiger partial charge in [-0.2, -0.15) is 0 Å². The van der Waals surface area contributed by atoms with Gasteiger partial charge in [0.1, 0.15) is 6.54 Å². The SMILES string of the molecule is CC[N+](C)(C)CCO.[Cl-]. The second-order valence-corrected chi connectivity index (χ2v) is 2.70. The molecule has 9 heavy (non-hydrogen) atoms. The van der Waals surface area contributed by atoms with Crippen molar-refractivity contribution in [3.63, 3.8) is 0 Å². The Bertz CT molecular complexity index is 66.1. The van der Waals surface area contributed by atoms with E-state index in [4.69, 9.17) is 5.11 Å². The molecule has 0 aliphatic heterocycles. The molecule has 0 aliphatic carbocycles. The summed E-state index contributed by atoms with van der Waals surface area (Å²) >= 11 is 0. The monoisotopic (exact) mass is 153 g/mol. The van der Waals surface area contributed by atoms with Gasteiger partial charge in [-0.3, -0.25) is 0 Å². The molecule has 0 aromatic carbocycles. The number of aliphatic hydroxyl groups is 1. The first-order valence-electron chi connectivity index (χ1n) is 3.05. The van der Waals surface area contributed by atoms with Crippen molar-refractivity contribution in [3.8, 4) is 0 Å². The van der Waals surface area contributed by atoms with Crippen molar-refractivity contribution in [1.29, 1.82) is 0 Å². The second-order valence-electron chi connectivity index (χ2n) is 2.70. The minimum Gasteiger partial charge on any atom is -1.00 e. The van der Waals surface area contributed by atoms with Crippen LogP contribution in [0.25, 0.3) is 0 Å². The first-order chi connectivity index (χ1) is 3.62. The Morgan fingerprint density at radius 1 is 1.33 bits per heavy atom. The van der Waals surface area contributed by atoms with Crippen LogP contribution < -0.4 is 12.4 Å². The van der Waals surface area contributed by atoms with Crippen molar-refractivity contribution in [1.82, 2.24) is 0 Å². The maximum Gasteiger partial charge on any atom is 0.102 e. The van der Waals surface area contributed by atoms with E-state index in [0.29, 0.717) is 6.61 Å². The lowest BCUT2D eigenvalue weighted by Crippen LogP contribution is -3.00. The maximum absolute atomic E-state index is 8.52. The van der Waals surface area contributed by atoms with E-state index < -0.39 is 0 Å². The summed E-state index contributed by atoms with van der Waals surface area (Å²) in [4.78, 5) is 0. The van der Waals surface area contributed by atoms with E-state index in [1.165, 1.54) is 0 Å². The van der Waals surface area contributed by atoms with Crippen LogP contribution in [0.1, 0.15) is 6.92 Å². The lowest BCUT2D eigenvalue weighted by molar-refractivity contribution is -0.888. The number of quaternary nitrogens is 1. The Morgan fingerprint density at radius 2 is 1.78 bits per heavy atom. The van der Waals surface area contributed by atoms with Gasteiger partial charge >= 0.3 is 0 Å². The van der Waals surface area contributed by atoms with Crippen LogP contribution in [-0.2, 0) is 0 Å². The summed E-state index contributed by atoms with van der Waals surface area (Å²) in [5.41, 5.74) is 0. The van der Waals surface area contributed by atoms with Crippen molar-refractivity contribution >= 4 is 0 Å². The van der Waals surface area contributed by atoms with Crippen LogP contribution in [0.15, 0.2) is 0 Å². The summed E-state index contributed by atoms with van der Waals surface area (Å²) in [6.45, 7) is 4.35. The normalized spacial score (nSPS) is 10.7. The third kappa shape index (κ3) is 6.09. The minimum atomic E-state index is 0. The molecule has 0 fully saturated rings. The van der Waals surface area contributed by atoms with Gasteiger partial charge in [0, 0.05) is 0 Å². The van der Waals surface area contributed by atoms with Crippen molar-refractivity contribution in [2.75, 3.05) is 33.8 Å². The fourth-order valence-corrected chi connectivity index (χ4v) is 0.429. The molecule has 0 saturated heterocycles. The van der Waals surface area contributed by atoms with Gasteiger partial charge in [-0.15, -0.1) is 0 Å². The van der Waals surface area contributed by atoms with Crippen LogP contribution in [0.2, 0.25) is 0 Å². The lowest BCUT2D eigenvalue weighted by atomic mass is 10.5. The van der Waals surface area contributed by atoms with Crippen LogP contribution in [0.3, 0.4) is 0 Å². The Labute approximate surface area is 63.5 Å². The number of nitrogens with zero attached hydrogens (tertiary/aromatic N) is 1. The van der Waals surface area contributed by atoms with Gasteiger partial charge in [-0.05, 0) is 6.92 Å². The molecule has 0 aromatic rings. The van der Waals surface area contributed by atoms with Crippen molar-refractivity contribution in [3.05, 3.63) is 0 Å². The molecule has 0 heterocycles. The van der Waals surface area contributed by atoms with Crippen LogP contribution in [0.4, 0.5) is 0 Å². The fourth-order valence-electron chi connectivity index (χ4n) is 0.429. The van der Waals surface area contributed by atoms with Gasteiger partial charge in [0.15, 0.2) is 0 Å². The number of aliphatic hydroxyl groups excluding tert-OH is 1. The molecule has 0 saturated carbocycles. The Balaban J connectivity index is 0. The van der Waals surface area contributed by atoms with E-state index in [2.05, 4.69) is 21.0 Å². The van der Waals surface area contributed by atoms with E-state index in [-0.39, 0.29) is 12.4 Å². The molecule has 0 atom stereocenters. The van der Waals surface area contributed by atoms with Crippen LogP contribution in [0, 0.1) is 0 Å². The zero-order valence-corrected chi connectivity index (χ0v) is 7.15. The Kier molecular flexibility index (Phi) is 6.68. The van der Waals surface area contributed by atoms with Gasteiger partial charge in [0.2, 0.25) is 0 Å². The molecule has 58 valence electrons. The number of rotatable bonds is 3. The highest BCUT2D eigenvalue weighted by Gasteiger charge is 2.08. The number of hydrogen-bond acceptors (Lipinski definition) is 1. The Hall–Kier alpha value is 0.210. The van der Waals surface area contributed by atoms with Crippen molar-refractivity contribution in [2.45, 2.75) is 6.92 Å². The molecule has 1 N–H and O–H groups in total. The van der Waals surface area contributed by atoms with Gasteiger partial charge in [0.25, 0.3) is 0 Å². The predicted octanol–water partition coefficient (Wildman–Crippen LogP) is -2.92. The number of hydrogen-bond donors (Lipinski definition) is 1. The van der Waals surface area contributed by atoms with E-state index in [1.807, 2.05) is 0 Å². The summed E-state index contributed by atoms with van der Waals surface area (Å²) in [6.07, 6.45) is 0. The molecule has 0 amide bonds. The fraction of sp³-hybridized carbons (Fsp3) is 1.00. The molecule has 0 aromatic heterocycles.